The van der Waals surface area contributed by atoms with E-state index in [1.807, 2.05) is 18.7 Å². The molecule has 0 aromatic rings. The summed E-state index contributed by atoms with van der Waals surface area (Å²) in [5.74, 6) is 0.472. The van der Waals surface area contributed by atoms with Crippen molar-refractivity contribution in [3.05, 3.63) is 0 Å². The fourth-order valence-electron chi connectivity index (χ4n) is 3.20. The quantitative estimate of drug-likeness (QED) is 0.794. The van der Waals surface area contributed by atoms with Crippen LogP contribution in [0.4, 0.5) is 0 Å². The molecule has 4 heteroatoms. The van der Waals surface area contributed by atoms with Gasteiger partial charge >= 0.3 is 0 Å². The summed E-state index contributed by atoms with van der Waals surface area (Å²) >= 11 is 0. The van der Waals surface area contributed by atoms with Crippen molar-refractivity contribution in [3.8, 4) is 0 Å². The third-order valence-electron chi connectivity index (χ3n) is 4.44. The van der Waals surface area contributed by atoms with Crippen molar-refractivity contribution >= 4 is 5.91 Å². The Morgan fingerprint density at radius 2 is 2.22 bits per heavy atom. The summed E-state index contributed by atoms with van der Waals surface area (Å²) in [4.78, 5) is 14.0. The first-order valence-corrected chi connectivity index (χ1v) is 7.25. The van der Waals surface area contributed by atoms with Gasteiger partial charge in [-0.2, -0.15) is 0 Å². The fourth-order valence-corrected chi connectivity index (χ4v) is 3.20. The molecule has 0 aromatic heterocycles. The summed E-state index contributed by atoms with van der Waals surface area (Å²) in [6.07, 6.45) is 5.07. The van der Waals surface area contributed by atoms with Gasteiger partial charge in [0.05, 0.1) is 12.1 Å². The standard InChI is InChI=1S/C14H26N2O2/c1-11(2)15-9-13(17)16-8-7-14(18)6-4-3-5-12(14)10-16/h11-12,15,18H,3-10H2,1-2H3. The molecular formula is C14H26N2O2. The SMILES string of the molecule is CC(C)NCC(=O)N1CCC2(O)CCCCC2C1. The zero-order chi connectivity index (χ0) is 13.2. The summed E-state index contributed by atoms with van der Waals surface area (Å²) in [5, 5.41) is 13.7. The molecule has 2 atom stereocenters. The Labute approximate surface area is 110 Å². The molecule has 0 aromatic carbocycles. The summed E-state index contributed by atoms with van der Waals surface area (Å²) in [6.45, 7) is 5.97. The average Bonchev–Trinajstić information content (AvgIpc) is 2.34. The van der Waals surface area contributed by atoms with E-state index >= 15 is 0 Å². The van der Waals surface area contributed by atoms with Gasteiger partial charge in [0.2, 0.25) is 5.91 Å². The lowest BCUT2D eigenvalue weighted by atomic mass is 9.71. The van der Waals surface area contributed by atoms with Gasteiger partial charge in [-0.15, -0.1) is 0 Å². The Kier molecular flexibility index (Phi) is 4.28. The molecule has 1 aliphatic heterocycles. The van der Waals surface area contributed by atoms with Crippen LogP contribution in [0.2, 0.25) is 0 Å². The number of fused-ring (bicyclic) bond motifs is 1. The highest BCUT2D eigenvalue weighted by atomic mass is 16.3. The molecular weight excluding hydrogens is 228 g/mol. The fraction of sp³-hybridized carbons (Fsp3) is 0.929. The normalized spacial score (nSPS) is 32.4. The average molecular weight is 254 g/mol. The van der Waals surface area contributed by atoms with Crippen molar-refractivity contribution in [2.24, 2.45) is 5.92 Å². The number of hydrogen-bond acceptors (Lipinski definition) is 3. The van der Waals surface area contributed by atoms with Gasteiger partial charge in [-0.25, -0.2) is 0 Å². The molecule has 0 radical (unpaired) electrons. The lowest BCUT2D eigenvalue weighted by Gasteiger charge is -2.47. The molecule has 2 aliphatic rings. The maximum absolute atomic E-state index is 12.1. The number of amides is 1. The monoisotopic (exact) mass is 254 g/mol. The molecule has 1 aliphatic carbocycles. The first-order chi connectivity index (χ1) is 8.51. The molecule has 2 fully saturated rings. The molecule has 1 heterocycles. The predicted octanol–water partition coefficient (Wildman–Crippen LogP) is 1.14. The second kappa shape index (κ2) is 5.57. The van der Waals surface area contributed by atoms with Crippen molar-refractivity contribution in [1.29, 1.82) is 0 Å². The van der Waals surface area contributed by atoms with Crippen LogP contribution >= 0.6 is 0 Å². The topological polar surface area (TPSA) is 52.6 Å². The first kappa shape index (κ1) is 13.8. The number of carbonyl (C=O) groups is 1. The van der Waals surface area contributed by atoms with E-state index in [0.717, 1.165) is 32.2 Å². The number of nitrogens with zero attached hydrogens (tertiary/aromatic N) is 1. The van der Waals surface area contributed by atoms with E-state index in [0.29, 0.717) is 25.0 Å². The number of aliphatic hydroxyl groups is 1. The lowest BCUT2D eigenvalue weighted by molar-refractivity contribution is -0.142. The number of likely N-dealkylation sites (tertiary alicyclic amines) is 1. The molecule has 1 saturated heterocycles. The van der Waals surface area contributed by atoms with Gasteiger partial charge < -0.3 is 15.3 Å². The van der Waals surface area contributed by atoms with Crippen molar-refractivity contribution in [1.82, 2.24) is 10.2 Å². The van der Waals surface area contributed by atoms with Gasteiger partial charge in [-0.3, -0.25) is 4.79 Å². The van der Waals surface area contributed by atoms with Gasteiger partial charge in [0.1, 0.15) is 0 Å². The highest BCUT2D eigenvalue weighted by molar-refractivity contribution is 5.78. The van der Waals surface area contributed by atoms with Crippen LogP contribution in [0, 0.1) is 5.92 Å². The number of hydrogen-bond donors (Lipinski definition) is 2. The van der Waals surface area contributed by atoms with Crippen LogP contribution < -0.4 is 5.32 Å². The van der Waals surface area contributed by atoms with Gasteiger partial charge in [0.15, 0.2) is 0 Å². The number of nitrogens with one attached hydrogen (secondary N) is 1. The predicted molar refractivity (Wildman–Crippen MR) is 71.2 cm³/mol. The Balaban J connectivity index is 1.88. The van der Waals surface area contributed by atoms with Crippen LogP contribution in [-0.2, 0) is 4.79 Å². The minimum Gasteiger partial charge on any atom is -0.389 e. The zero-order valence-electron chi connectivity index (χ0n) is 11.6. The highest BCUT2D eigenvalue weighted by Crippen LogP contribution is 2.39. The van der Waals surface area contributed by atoms with Crippen LogP contribution in [0.1, 0.15) is 46.0 Å². The third kappa shape index (κ3) is 3.04. The van der Waals surface area contributed by atoms with E-state index in [9.17, 15) is 9.90 Å². The van der Waals surface area contributed by atoms with E-state index < -0.39 is 5.60 Å². The molecule has 2 rings (SSSR count). The zero-order valence-corrected chi connectivity index (χ0v) is 11.6. The van der Waals surface area contributed by atoms with E-state index in [1.54, 1.807) is 0 Å². The lowest BCUT2D eigenvalue weighted by Crippen LogP contribution is -2.56. The molecule has 0 spiro atoms. The molecule has 2 unspecified atom stereocenters. The van der Waals surface area contributed by atoms with E-state index in [1.165, 1.54) is 6.42 Å². The maximum atomic E-state index is 12.1. The van der Waals surface area contributed by atoms with Crippen molar-refractivity contribution in [3.63, 3.8) is 0 Å². The second-order valence-electron chi connectivity index (χ2n) is 6.17. The van der Waals surface area contributed by atoms with Crippen LogP contribution in [-0.4, -0.2) is 47.2 Å². The Hall–Kier alpha value is -0.610. The largest absolute Gasteiger partial charge is 0.389 e. The Morgan fingerprint density at radius 3 is 2.94 bits per heavy atom. The van der Waals surface area contributed by atoms with Crippen molar-refractivity contribution in [2.75, 3.05) is 19.6 Å². The van der Waals surface area contributed by atoms with Gasteiger partial charge in [0.25, 0.3) is 0 Å². The summed E-state index contributed by atoms with van der Waals surface area (Å²) < 4.78 is 0. The van der Waals surface area contributed by atoms with Crippen LogP contribution in [0.25, 0.3) is 0 Å². The highest BCUT2D eigenvalue weighted by Gasteiger charge is 2.43. The minimum atomic E-state index is -0.486. The Morgan fingerprint density at radius 1 is 1.44 bits per heavy atom. The summed E-state index contributed by atoms with van der Waals surface area (Å²) in [5.41, 5.74) is -0.486. The molecule has 4 nitrogen and oxygen atoms in total. The van der Waals surface area contributed by atoms with Crippen LogP contribution in [0.15, 0.2) is 0 Å². The molecule has 18 heavy (non-hydrogen) atoms. The van der Waals surface area contributed by atoms with E-state index in [2.05, 4.69) is 5.32 Å². The smallest absolute Gasteiger partial charge is 0.236 e. The van der Waals surface area contributed by atoms with Crippen LogP contribution in [0.5, 0.6) is 0 Å². The van der Waals surface area contributed by atoms with Gasteiger partial charge in [-0.05, 0) is 19.3 Å². The number of piperidine rings is 1. The summed E-state index contributed by atoms with van der Waals surface area (Å²) in [7, 11) is 0. The van der Waals surface area contributed by atoms with Gasteiger partial charge in [-0.1, -0.05) is 26.7 Å². The molecule has 1 amide bonds. The summed E-state index contributed by atoms with van der Waals surface area (Å²) in [6, 6.07) is 0.338. The maximum Gasteiger partial charge on any atom is 0.236 e. The first-order valence-electron chi connectivity index (χ1n) is 7.25. The van der Waals surface area contributed by atoms with Crippen molar-refractivity contribution in [2.45, 2.75) is 57.6 Å². The van der Waals surface area contributed by atoms with Crippen molar-refractivity contribution < 1.29 is 9.90 Å². The number of carbonyl (C=O) groups excluding carboxylic acids is 1. The second-order valence-corrected chi connectivity index (χ2v) is 6.17. The minimum absolute atomic E-state index is 0.177. The van der Waals surface area contributed by atoms with E-state index in [-0.39, 0.29) is 5.91 Å². The number of rotatable bonds is 3. The molecule has 2 N–H and O–H groups in total. The molecule has 104 valence electrons. The molecule has 0 bridgehead atoms. The Bertz CT molecular complexity index is 306. The van der Waals surface area contributed by atoms with Gasteiger partial charge in [0, 0.05) is 25.0 Å². The van der Waals surface area contributed by atoms with E-state index in [4.69, 9.17) is 0 Å². The third-order valence-corrected chi connectivity index (χ3v) is 4.44. The van der Waals surface area contributed by atoms with Crippen LogP contribution in [0.3, 0.4) is 0 Å². The molecule has 1 saturated carbocycles.